The second-order valence-corrected chi connectivity index (χ2v) is 2.55. The Hall–Kier alpha value is -1.99. The molecule has 1 heterocycles. The van der Waals surface area contributed by atoms with Crippen LogP contribution in [0.2, 0.25) is 0 Å². The van der Waals surface area contributed by atoms with Crippen LogP contribution in [0.3, 0.4) is 0 Å². The van der Waals surface area contributed by atoms with Crippen molar-refractivity contribution < 1.29 is 9.72 Å². The van der Waals surface area contributed by atoms with E-state index >= 15 is 0 Å². The molecule has 0 radical (unpaired) electrons. The molecular formula is C6H9N5O3. The minimum atomic E-state index is -0.672. The van der Waals surface area contributed by atoms with Crippen molar-refractivity contribution in [2.75, 3.05) is 6.54 Å². The van der Waals surface area contributed by atoms with Crippen LogP contribution in [-0.4, -0.2) is 32.1 Å². The summed E-state index contributed by atoms with van der Waals surface area (Å²) in [7, 11) is 0. The van der Waals surface area contributed by atoms with E-state index in [4.69, 9.17) is 0 Å². The van der Waals surface area contributed by atoms with E-state index < -0.39 is 10.9 Å². The fourth-order valence-corrected chi connectivity index (χ4v) is 0.823. The zero-order chi connectivity index (χ0) is 10.6. The summed E-state index contributed by atoms with van der Waals surface area (Å²) in [6.07, 6.45) is 1.25. The van der Waals surface area contributed by atoms with Gasteiger partial charge in [-0.3, -0.25) is 4.79 Å². The second kappa shape index (κ2) is 4.30. The van der Waals surface area contributed by atoms with Crippen LogP contribution in [0.4, 0.5) is 5.95 Å². The Morgan fingerprint density at radius 3 is 3.00 bits per heavy atom. The van der Waals surface area contributed by atoms with Gasteiger partial charge in [-0.15, -0.1) is 0 Å². The highest BCUT2D eigenvalue weighted by Crippen LogP contribution is 1.98. The van der Waals surface area contributed by atoms with Crippen molar-refractivity contribution in [2.24, 2.45) is 0 Å². The molecule has 0 aliphatic rings. The van der Waals surface area contributed by atoms with E-state index in [1.165, 1.54) is 17.9 Å². The first-order valence-corrected chi connectivity index (χ1v) is 3.88. The first kappa shape index (κ1) is 10.1. The average molecular weight is 199 g/mol. The molecule has 1 rings (SSSR count). The molecule has 8 nitrogen and oxygen atoms in total. The summed E-state index contributed by atoms with van der Waals surface area (Å²) in [5.41, 5.74) is 0. The van der Waals surface area contributed by atoms with Gasteiger partial charge in [0.05, 0.1) is 6.54 Å². The summed E-state index contributed by atoms with van der Waals surface area (Å²) >= 11 is 0. The Kier molecular flexibility index (Phi) is 3.10. The summed E-state index contributed by atoms with van der Waals surface area (Å²) in [6.45, 7) is 2.13. The number of carbonyl (C=O) groups excluding carboxylic acids is 1. The van der Waals surface area contributed by atoms with Crippen molar-refractivity contribution in [1.82, 2.24) is 20.1 Å². The van der Waals surface area contributed by atoms with Gasteiger partial charge in [0.2, 0.25) is 12.2 Å². The predicted molar refractivity (Wildman–Crippen MR) is 45.4 cm³/mol. The molecule has 1 N–H and O–H groups in total. The van der Waals surface area contributed by atoms with Gasteiger partial charge in [0, 0.05) is 18.6 Å². The van der Waals surface area contributed by atoms with Gasteiger partial charge >= 0.3 is 5.95 Å². The number of rotatable bonds is 4. The molecule has 1 aromatic heterocycles. The number of nitro groups is 1. The maximum Gasteiger partial charge on any atom is 0.490 e. The van der Waals surface area contributed by atoms with Crippen LogP contribution < -0.4 is 5.32 Å². The molecule has 0 atom stereocenters. The van der Waals surface area contributed by atoms with Crippen LogP contribution >= 0.6 is 0 Å². The number of nitrogens with zero attached hydrogens (tertiary/aromatic N) is 4. The summed E-state index contributed by atoms with van der Waals surface area (Å²) in [6, 6.07) is 0. The van der Waals surface area contributed by atoms with E-state index in [-0.39, 0.29) is 5.91 Å². The van der Waals surface area contributed by atoms with Crippen molar-refractivity contribution in [2.45, 2.75) is 13.5 Å². The van der Waals surface area contributed by atoms with E-state index in [0.717, 1.165) is 0 Å². The summed E-state index contributed by atoms with van der Waals surface area (Å²) in [5, 5.41) is 16.3. The highest BCUT2D eigenvalue weighted by molar-refractivity contribution is 5.72. The fourth-order valence-electron chi connectivity index (χ4n) is 0.823. The molecule has 0 spiro atoms. The van der Waals surface area contributed by atoms with Gasteiger partial charge in [-0.25, -0.2) is 0 Å². The van der Waals surface area contributed by atoms with E-state index in [9.17, 15) is 14.9 Å². The summed E-state index contributed by atoms with van der Waals surface area (Å²) in [5.74, 6) is -0.590. The lowest BCUT2D eigenvalue weighted by atomic mass is 10.6. The maximum atomic E-state index is 10.5. The van der Waals surface area contributed by atoms with Crippen molar-refractivity contribution >= 4 is 11.9 Å². The molecule has 0 fully saturated rings. The molecule has 0 unspecified atom stereocenters. The first-order chi connectivity index (χ1) is 6.59. The summed E-state index contributed by atoms with van der Waals surface area (Å²) in [4.78, 5) is 23.5. The monoisotopic (exact) mass is 199 g/mol. The van der Waals surface area contributed by atoms with Crippen LogP contribution in [0.1, 0.15) is 6.92 Å². The summed E-state index contributed by atoms with van der Waals surface area (Å²) < 4.78 is 1.30. The van der Waals surface area contributed by atoms with Crippen molar-refractivity contribution in [3.05, 3.63) is 16.4 Å². The van der Waals surface area contributed by atoms with E-state index in [0.29, 0.717) is 13.1 Å². The Morgan fingerprint density at radius 1 is 1.79 bits per heavy atom. The van der Waals surface area contributed by atoms with Gasteiger partial charge in [-0.1, -0.05) is 4.98 Å². The molecule has 0 saturated carbocycles. The zero-order valence-corrected chi connectivity index (χ0v) is 7.51. The third-order valence-corrected chi connectivity index (χ3v) is 1.40. The Labute approximate surface area is 79.1 Å². The molecule has 0 aliphatic heterocycles. The molecule has 0 saturated heterocycles. The number of hydrogen-bond donors (Lipinski definition) is 1. The molecule has 0 aliphatic carbocycles. The number of carbonyl (C=O) groups is 1. The molecule has 0 aromatic carbocycles. The van der Waals surface area contributed by atoms with Gasteiger partial charge in [-0.2, -0.15) is 4.68 Å². The van der Waals surface area contributed by atoms with Crippen LogP contribution in [0.15, 0.2) is 6.33 Å². The van der Waals surface area contributed by atoms with E-state index in [2.05, 4.69) is 15.4 Å². The third kappa shape index (κ3) is 2.81. The maximum absolute atomic E-state index is 10.5. The van der Waals surface area contributed by atoms with Gasteiger partial charge in [0.1, 0.15) is 0 Å². The number of nitrogens with one attached hydrogen (secondary N) is 1. The zero-order valence-electron chi connectivity index (χ0n) is 7.51. The SMILES string of the molecule is CC(=O)NCCn1cnc([N+](=O)[O-])n1. The Balaban J connectivity index is 2.44. The number of amides is 1. The average Bonchev–Trinajstić information content (AvgIpc) is 2.52. The quantitative estimate of drug-likeness (QED) is 0.511. The Bertz CT molecular complexity index is 347. The molecular weight excluding hydrogens is 190 g/mol. The molecule has 76 valence electrons. The third-order valence-electron chi connectivity index (χ3n) is 1.40. The van der Waals surface area contributed by atoms with Crippen LogP contribution in [-0.2, 0) is 11.3 Å². The molecule has 0 bridgehead atoms. The lowest BCUT2D eigenvalue weighted by molar-refractivity contribution is -0.394. The van der Waals surface area contributed by atoms with Crippen LogP contribution in [0.25, 0.3) is 0 Å². The molecule has 8 heteroatoms. The number of hydrogen-bond acceptors (Lipinski definition) is 5. The number of aromatic nitrogens is 3. The van der Waals surface area contributed by atoms with Crippen molar-refractivity contribution in [3.63, 3.8) is 0 Å². The normalized spacial score (nSPS) is 9.79. The first-order valence-electron chi connectivity index (χ1n) is 3.88. The second-order valence-electron chi connectivity index (χ2n) is 2.55. The largest absolute Gasteiger partial charge is 0.490 e. The molecule has 14 heavy (non-hydrogen) atoms. The van der Waals surface area contributed by atoms with Gasteiger partial charge < -0.3 is 15.4 Å². The smallest absolute Gasteiger partial charge is 0.390 e. The van der Waals surface area contributed by atoms with E-state index in [1.807, 2.05) is 0 Å². The topological polar surface area (TPSA) is 103 Å². The fraction of sp³-hybridized carbons (Fsp3) is 0.500. The lowest BCUT2D eigenvalue weighted by Crippen LogP contribution is -2.24. The Morgan fingerprint density at radius 2 is 2.50 bits per heavy atom. The van der Waals surface area contributed by atoms with E-state index in [1.54, 1.807) is 0 Å². The minimum absolute atomic E-state index is 0.153. The minimum Gasteiger partial charge on any atom is -0.390 e. The van der Waals surface area contributed by atoms with Crippen molar-refractivity contribution in [1.29, 1.82) is 0 Å². The molecule has 1 aromatic rings. The highest BCUT2D eigenvalue weighted by atomic mass is 16.6. The van der Waals surface area contributed by atoms with Crippen molar-refractivity contribution in [3.8, 4) is 0 Å². The van der Waals surface area contributed by atoms with Gasteiger partial charge in [-0.05, 0) is 4.92 Å². The lowest BCUT2D eigenvalue weighted by Gasteiger charge is -1.97. The highest BCUT2D eigenvalue weighted by Gasteiger charge is 2.12. The molecule has 1 amide bonds. The van der Waals surface area contributed by atoms with Gasteiger partial charge in [0.25, 0.3) is 0 Å². The van der Waals surface area contributed by atoms with Gasteiger partial charge in [0.15, 0.2) is 0 Å². The predicted octanol–water partition coefficient (Wildman–Crippen LogP) is -0.678. The van der Waals surface area contributed by atoms with Crippen LogP contribution in [0.5, 0.6) is 0 Å². The van der Waals surface area contributed by atoms with Crippen LogP contribution in [0, 0.1) is 10.1 Å². The standard InChI is InChI=1S/C6H9N5O3/c1-5(12)7-2-3-10-4-8-6(9-10)11(13)14/h4H,2-3H2,1H3,(H,7,12).